The molecule has 5 heteroatoms. The van der Waals surface area contributed by atoms with Crippen molar-refractivity contribution < 1.29 is 4.79 Å². The Labute approximate surface area is 166 Å². The van der Waals surface area contributed by atoms with Crippen LogP contribution in [0.2, 0.25) is 0 Å². The molecule has 0 bridgehead atoms. The van der Waals surface area contributed by atoms with Gasteiger partial charge in [-0.15, -0.1) is 0 Å². The summed E-state index contributed by atoms with van der Waals surface area (Å²) in [6, 6.07) is 8.51. The van der Waals surface area contributed by atoms with Crippen LogP contribution < -0.4 is 0 Å². The number of thiocarbonyl (C=S) groups is 1. The van der Waals surface area contributed by atoms with E-state index in [0.717, 1.165) is 36.3 Å². The highest BCUT2D eigenvalue weighted by Gasteiger charge is 2.41. The van der Waals surface area contributed by atoms with Gasteiger partial charge in [0.05, 0.1) is 10.6 Å². The molecule has 1 saturated heterocycles. The van der Waals surface area contributed by atoms with E-state index in [-0.39, 0.29) is 11.3 Å². The molecular weight excluding hydrogens is 360 g/mol. The minimum absolute atomic E-state index is 0.00836. The molecule has 2 aliphatic rings. The van der Waals surface area contributed by atoms with Crippen molar-refractivity contribution in [1.82, 2.24) is 4.90 Å². The summed E-state index contributed by atoms with van der Waals surface area (Å²) in [7, 11) is 0. The number of benzene rings is 1. The molecule has 0 radical (unpaired) electrons. The molecule has 2 aliphatic heterocycles. The molecule has 0 aromatic heterocycles. The minimum atomic E-state index is 0.00836. The molecular formula is C21H26N2OS2. The maximum Gasteiger partial charge on any atom is 0.265 e. The molecule has 3 rings (SSSR count). The number of allylic oxidation sites excluding steroid dienone is 1. The fourth-order valence-corrected chi connectivity index (χ4v) is 5.52. The molecule has 3 nitrogen and oxygen atoms in total. The van der Waals surface area contributed by atoms with Crippen LogP contribution >= 0.6 is 24.0 Å². The molecule has 1 amide bonds. The average Bonchev–Trinajstić information content (AvgIpc) is 3.08. The van der Waals surface area contributed by atoms with Crippen LogP contribution in [0.1, 0.15) is 58.4 Å². The predicted octanol–water partition coefficient (Wildman–Crippen LogP) is 5.76. The molecule has 0 atom stereocenters. The third kappa shape index (κ3) is 3.27. The summed E-state index contributed by atoms with van der Waals surface area (Å²) >= 11 is 6.74. The number of aliphatic imine (C=N–C) groups is 1. The van der Waals surface area contributed by atoms with Crippen molar-refractivity contribution in [3.8, 4) is 0 Å². The van der Waals surface area contributed by atoms with Crippen LogP contribution in [0, 0.1) is 0 Å². The van der Waals surface area contributed by atoms with Gasteiger partial charge in [-0.2, -0.15) is 0 Å². The van der Waals surface area contributed by atoms with E-state index in [2.05, 4.69) is 38.1 Å². The van der Waals surface area contributed by atoms with Gasteiger partial charge in [-0.3, -0.25) is 14.7 Å². The Bertz CT molecular complexity index is 776. The fraction of sp³-hybridized carbons (Fsp3) is 0.476. The minimum Gasteiger partial charge on any atom is -0.293 e. The number of carbonyl (C=O) groups is 1. The van der Waals surface area contributed by atoms with Crippen molar-refractivity contribution in [3.63, 3.8) is 0 Å². The van der Waals surface area contributed by atoms with Gasteiger partial charge >= 0.3 is 0 Å². The number of thioether (sulfide) groups is 1. The monoisotopic (exact) mass is 386 g/mol. The van der Waals surface area contributed by atoms with Crippen LogP contribution in [0.3, 0.4) is 0 Å². The summed E-state index contributed by atoms with van der Waals surface area (Å²) < 4.78 is 0.661. The number of amides is 1. The SMILES string of the molecule is CCCC1(CCC)C(CC=C2SC(=S)N(CC)C2=O)=Nc2ccccc21. The number of hydrogen-bond donors (Lipinski definition) is 0. The molecule has 1 aromatic carbocycles. The fourth-order valence-electron chi connectivity index (χ4n) is 4.16. The van der Waals surface area contributed by atoms with Crippen LogP contribution in [0.15, 0.2) is 40.2 Å². The number of hydrogen-bond acceptors (Lipinski definition) is 4. The number of fused-ring (bicyclic) bond motifs is 1. The molecule has 1 aromatic rings. The lowest BCUT2D eigenvalue weighted by Gasteiger charge is -2.31. The lowest BCUT2D eigenvalue weighted by atomic mass is 9.70. The van der Waals surface area contributed by atoms with Crippen molar-refractivity contribution in [2.75, 3.05) is 6.54 Å². The van der Waals surface area contributed by atoms with Gasteiger partial charge in [0.25, 0.3) is 5.91 Å². The van der Waals surface area contributed by atoms with Gasteiger partial charge in [-0.1, -0.05) is 74.9 Å². The van der Waals surface area contributed by atoms with Crippen LogP contribution in [-0.2, 0) is 10.2 Å². The van der Waals surface area contributed by atoms with E-state index in [0.29, 0.717) is 17.3 Å². The largest absolute Gasteiger partial charge is 0.293 e. The third-order valence-corrected chi connectivity index (χ3v) is 6.68. The number of nitrogens with zero attached hydrogens (tertiary/aromatic N) is 2. The molecule has 138 valence electrons. The molecule has 0 spiro atoms. The Hall–Kier alpha value is -1.46. The second-order valence-corrected chi connectivity index (χ2v) is 8.52. The standard InChI is InChI=1S/C21H26N2OS2/c1-4-13-21(14-5-2)15-9-7-8-10-16(15)22-18(21)12-11-17-19(24)23(6-3)20(25)26-17/h7-11H,4-6,12-14H2,1-3H3. The summed E-state index contributed by atoms with van der Waals surface area (Å²) in [6.45, 7) is 7.06. The third-order valence-electron chi connectivity index (χ3n) is 5.25. The lowest BCUT2D eigenvalue weighted by Crippen LogP contribution is -2.33. The Kier molecular flexibility index (Phi) is 5.98. The van der Waals surface area contributed by atoms with E-state index < -0.39 is 0 Å². The van der Waals surface area contributed by atoms with Crippen molar-refractivity contribution >= 4 is 45.6 Å². The van der Waals surface area contributed by atoms with E-state index in [1.165, 1.54) is 23.0 Å². The Morgan fingerprint density at radius 2 is 1.88 bits per heavy atom. The first-order valence-corrected chi connectivity index (χ1v) is 10.7. The second kappa shape index (κ2) is 8.05. The zero-order chi connectivity index (χ0) is 18.7. The molecule has 0 saturated carbocycles. The van der Waals surface area contributed by atoms with E-state index in [9.17, 15) is 4.79 Å². The van der Waals surface area contributed by atoms with Gasteiger partial charge in [0, 0.05) is 24.1 Å². The summed E-state index contributed by atoms with van der Waals surface area (Å²) in [5, 5.41) is 0. The van der Waals surface area contributed by atoms with E-state index in [1.54, 1.807) is 4.90 Å². The van der Waals surface area contributed by atoms with Gasteiger partial charge in [-0.25, -0.2) is 0 Å². The Morgan fingerprint density at radius 3 is 2.50 bits per heavy atom. The van der Waals surface area contributed by atoms with Gasteiger partial charge < -0.3 is 0 Å². The van der Waals surface area contributed by atoms with Crippen molar-refractivity contribution in [2.45, 2.75) is 58.3 Å². The van der Waals surface area contributed by atoms with Crippen molar-refractivity contribution in [1.29, 1.82) is 0 Å². The van der Waals surface area contributed by atoms with Crippen LogP contribution in [0.4, 0.5) is 5.69 Å². The highest BCUT2D eigenvalue weighted by atomic mass is 32.2. The topological polar surface area (TPSA) is 32.7 Å². The van der Waals surface area contributed by atoms with Crippen LogP contribution in [-0.4, -0.2) is 27.4 Å². The highest BCUT2D eigenvalue weighted by Crippen LogP contribution is 2.47. The summed E-state index contributed by atoms with van der Waals surface area (Å²) in [5.74, 6) is 0.0372. The number of rotatable bonds is 7. The summed E-state index contributed by atoms with van der Waals surface area (Å²) in [4.78, 5) is 19.9. The van der Waals surface area contributed by atoms with Gasteiger partial charge in [0.1, 0.15) is 4.32 Å². The normalized spacial score (nSPS) is 20.0. The zero-order valence-electron chi connectivity index (χ0n) is 15.7. The molecule has 26 heavy (non-hydrogen) atoms. The Balaban J connectivity index is 1.92. The first-order valence-electron chi connectivity index (χ1n) is 9.48. The van der Waals surface area contributed by atoms with E-state index in [1.807, 2.05) is 13.0 Å². The lowest BCUT2D eigenvalue weighted by molar-refractivity contribution is -0.122. The van der Waals surface area contributed by atoms with Crippen LogP contribution in [0.5, 0.6) is 0 Å². The molecule has 2 heterocycles. The van der Waals surface area contributed by atoms with Gasteiger partial charge in [0.15, 0.2) is 0 Å². The van der Waals surface area contributed by atoms with Crippen molar-refractivity contribution in [2.24, 2.45) is 4.99 Å². The quantitative estimate of drug-likeness (QED) is 0.441. The first-order chi connectivity index (χ1) is 12.6. The molecule has 0 aliphatic carbocycles. The second-order valence-electron chi connectivity index (χ2n) is 6.85. The smallest absolute Gasteiger partial charge is 0.265 e. The van der Waals surface area contributed by atoms with E-state index in [4.69, 9.17) is 17.2 Å². The molecule has 0 N–H and O–H groups in total. The molecule has 0 unspecified atom stereocenters. The van der Waals surface area contributed by atoms with Crippen molar-refractivity contribution in [3.05, 3.63) is 40.8 Å². The first kappa shape index (κ1) is 19.3. The zero-order valence-corrected chi connectivity index (χ0v) is 17.4. The maximum atomic E-state index is 12.5. The highest BCUT2D eigenvalue weighted by molar-refractivity contribution is 8.26. The number of para-hydroxylation sites is 1. The summed E-state index contributed by atoms with van der Waals surface area (Å²) in [6.07, 6.45) is 7.18. The predicted molar refractivity (Wildman–Crippen MR) is 115 cm³/mol. The summed E-state index contributed by atoms with van der Waals surface area (Å²) in [5.41, 5.74) is 3.66. The number of likely N-dealkylation sites (N-methyl/N-ethyl adjacent to an activating group) is 1. The average molecular weight is 387 g/mol. The number of carbonyl (C=O) groups excluding carboxylic acids is 1. The molecule has 1 fully saturated rings. The van der Waals surface area contributed by atoms with Gasteiger partial charge in [-0.05, 0) is 31.4 Å². The van der Waals surface area contributed by atoms with Crippen LogP contribution in [0.25, 0.3) is 0 Å². The maximum absolute atomic E-state index is 12.5. The van der Waals surface area contributed by atoms with Gasteiger partial charge in [0.2, 0.25) is 0 Å². The van der Waals surface area contributed by atoms with E-state index >= 15 is 0 Å². The Morgan fingerprint density at radius 1 is 1.19 bits per heavy atom.